The first-order chi connectivity index (χ1) is 8.70. The van der Waals surface area contributed by atoms with Gasteiger partial charge in [-0.1, -0.05) is 0 Å². The van der Waals surface area contributed by atoms with Crippen LogP contribution >= 0.6 is 11.8 Å². The number of rotatable bonds is 4. The number of hydrogen-bond acceptors (Lipinski definition) is 3. The molecule has 1 atom stereocenters. The summed E-state index contributed by atoms with van der Waals surface area (Å²) in [7, 11) is 0. The van der Waals surface area contributed by atoms with E-state index in [1.807, 2.05) is 6.26 Å². The lowest BCUT2D eigenvalue weighted by molar-refractivity contribution is -0.122. The molecule has 0 saturated carbocycles. The summed E-state index contributed by atoms with van der Waals surface area (Å²) in [6, 6.07) is 4.58. The smallest absolute Gasteiger partial charge is 0.237 e. The third kappa shape index (κ3) is 3.23. The van der Waals surface area contributed by atoms with Crippen molar-refractivity contribution in [2.75, 3.05) is 12.8 Å². The van der Waals surface area contributed by atoms with E-state index in [1.165, 1.54) is 12.1 Å². The first kappa shape index (κ1) is 13.4. The third-order valence-corrected chi connectivity index (χ3v) is 3.91. The largest absolute Gasteiger partial charge is 0.351 e. The molecular weight excluding hydrogens is 251 g/mol. The van der Waals surface area contributed by atoms with Crippen LogP contribution in [0, 0.1) is 5.82 Å². The topological polar surface area (TPSA) is 41.1 Å². The summed E-state index contributed by atoms with van der Waals surface area (Å²) in [4.78, 5) is 12.8. The van der Waals surface area contributed by atoms with Crippen molar-refractivity contribution in [1.82, 2.24) is 10.6 Å². The zero-order valence-corrected chi connectivity index (χ0v) is 11.1. The Morgan fingerprint density at radius 1 is 1.61 bits per heavy atom. The standard InChI is InChI=1S/C13H17FN2OS/c1-18-12-5-4-10(14)7-9(12)8-16-13(17)11-3-2-6-15-11/h4-5,7,11,15H,2-3,6,8H2,1H3,(H,16,17). The molecule has 1 aromatic rings. The second kappa shape index (κ2) is 6.20. The lowest BCUT2D eigenvalue weighted by Gasteiger charge is -2.13. The van der Waals surface area contributed by atoms with Gasteiger partial charge in [-0.15, -0.1) is 11.8 Å². The molecule has 1 fully saturated rings. The van der Waals surface area contributed by atoms with Crippen molar-refractivity contribution in [2.24, 2.45) is 0 Å². The van der Waals surface area contributed by atoms with E-state index < -0.39 is 0 Å². The Morgan fingerprint density at radius 2 is 2.44 bits per heavy atom. The molecule has 1 aliphatic heterocycles. The number of carbonyl (C=O) groups excluding carboxylic acids is 1. The highest BCUT2D eigenvalue weighted by Gasteiger charge is 2.21. The molecule has 1 aromatic carbocycles. The van der Waals surface area contributed by atoms with Gasteiger partial charge in [-0.2, -0.15) is 0 Å². The molecule has 98 valence electrons. The second-order valence-electron chi connectivity index (χ2n) is 4.32. The Hall–Kier alpha value is -1.07. The summed E-state index contributed by atoms with van der Waals surface area (Å²) in [6.45, 7) is 1.28. The number of nitrogens with one attached hydrogen (secondary N) is 2. The fourth-order valence-corrected chi connectivity index (χ4v) is 2.70. The first-order valence-corrected chi connectivity index (χ1v) is 7.26. The lowest BCUT2D eigenvalue weighted by Crippen LogP contribution is -2.40. The van der Waals surface area contributed by atoms with Crippen molar-refractivity contribution < 1.29 is 9.18 Å². The Balaban J connectivity index is 1.96. The number of benzene rings is 1. The molecule has 0 aliphatic carbocycles. The highest BCUT2D eigenvalue weighted by molar-refractivity contribution is 7.98. The summed E-state index contributed by atoms with van der Waals surface area (Å²) in [5.41, 5.74) is 0.828. The Bertz CT molecular complexity index is 433. The number of carbonyl (C=O) groups is 1. The number of hydrogen-bond donors (Lipinski definition) is 2. The van der Waals surface area contributed by atoms with Crippen molar-refractivity contribution in [1.29, 1.82) is 0 Å². The van der Waals surface area contributed by atoms with Crippen molar-refractivity contribution in [3.05, 3.63) is 29.6 Å². The minimum absolute atomic E-state index is 0.00353. The fraction of sp³-hybridized carbons (Fsp3) is 0.462. The Labute approximate surface area is 111 Å². The van der Waals surface area contributed by atoms with Crippen LogP contribution in [0.25, 0.3) is 0 Å². The molecular formula is C13H17FN2OS. The maximum absolute atomic E-state index is 13.2. The highest BCUT2D eigenvalue weighted by Crippen LogP contribution is 2.21. The van der Waals surface area contributed by atoms with E-state index in [2.05, 4.69) is 10.6 Å². The van der Waals surface area contributed by atoms with Gasteiger partial charge in [0.1, 0.15) is 5.82 Å². The van der Waals surface area contributed by atoms with E-state index in [1.54, 1.807) is 17.8 Å². The second-order valence-corrected chi connectivity index (χ2v) is 5.17. The van der Waals surface area contributed by atoms with Crippen LogP contribution in [0.1, 0.15) is 18.4 Å². The molecule has 2 rings (SSSR count). The van der Waals surface area contributed by atoms with Gasteiger partial charge in [-0.05, 0) is 49.4 Å². The SMILES string of the molecule is CSc1ccc(F)cc1CNC(=O)C1CCCN1. The van der Waals surface area contributed by atoms with Gasteiger partial charge in [0.05, 0.1) is 6.04 Å². The third-order valence-electron chi connectivity index (χ3n) is 3.07. The minimum Gasteiger partial charge on any atom is -0.351 e. The normalized spacial score (nSPS) is 18.9. The maximum atomic E-state index is 13.2. The zero-order chi connectivity index (χ0) is 13.0. The predicted octanol–water partition coefficient (Wildman–Crippen LogP) is 1.92. The van der Waals surface area contributed by atoms with Gasteiger partial charge >= 0.3 is 0 Å². The lowest BCUT2D eigenvalue weighted by atomic mass is 10.2. The van der Waals surface area contributed by atoms with Gasteiger partial charge in [0.25, 0.3) is 0 Å². The monoisotopic (exact) mass is 268 g/mol. The van der Waals surface area contributed by atoms with E-state index >= 15 is 0 Å². The van der Waals surface area contributed by atoms with Crippen molar-refractivity contribution in [3.63, 3.8) is 0 Å². The Kier molecular flexibility index (Phi) is 4.60. The van der Waals surface area contributed by atoms with E-state index in [9.17, 15) is 9.18 Å². The maximum Gasteiger partial charge on any atom is 0.237 e. The molecule has 1 aliphatic rings. The molecule has 0 aromatic heterocycles. The first-order valence-electron chi connectivity index (χ1n) is 6.04. The van der Waals surface area contributed by atoms with Crippen LogP contribution in [-0.2, 0) is 11.3 Å². The van der Waals surface area contributed by atoms with Crippen LogP contribution in [0.4, 0.5) is 4.39 Å². The zero-order valence-electron chi connectivity index (χ0n) is 10.3. The predicted molar refractivity (Wildman–Crippen MR) is 71.1 cm³/mol. The molecule has 18 heavy (non-hydrogen) atoms. The molecule has 1 unspecified atom stereocenters. The average Bonchev–Trinajstić information content (AvgIpc) is 2.90. The van der Waals surface area contributed by atoms with Crippen LogP contribution in [-0.4, -0.2) is 24.7 Å². The number of thioether (sulfide) groups is 1. The molecule has 1 saturated heterocycles. The van der Waals surface area contributed by atoms with Crippen LogP contribution in [0.5, 0.6) is 0 Å². The van der Waals surface area contributed by atoms with Crippen LogP contribution < -0.4 is 10.6 Å². The highest BCUT2D eigenvalue weighted by atomic mass is 32.2. The van der Waals surface area contributed by atoms with Crippen LogP contribution in [0.2, 0.25) is 0 Å². The van der Waals surface area contributed by atoms with Gasteiger partial charge in [0.2, 0.25) is 5.91 Å². The van der Waals surface area contributed by atoms with Crippen molar-refractivity contribution in [3.8, 4) is 0 Å². The van der Waals surface area contributed by atoms with Gasteiger partial charge in [-0.25, -0.2) is 4.39 Å². The summed E-state index contributed by atoms with van der Waals surface area (Å²) in [5, 5.41) is 6.00. The summed E-state index contributed by atoms with van der Waals surface area (Å²) < 4.78 is 13.2. The van der Waals surface area contributed by atoms with E-state index in [0.29, 0.717) is 6.54 Å². The van der Waals surface area contributed by atoms with Gasteiger partial charge in [0.15, 0.2) is 0 Å². The van der Waals surface area contributed by atoms with E-state index in [4.69, 9.17) is 0 Å². The van der Waals surface area contributed by atoms with Crippen molar-refractivity contribution in [2.45, 2.75) is 30.3 Å². The molecule has 1 amide bonds. The van der Waals surface area contributed by atoms with Gasteiger partial charge in [-0.3, -0.25) is 4.79 Å². The number of amides is 1. The van der Waals surface area contributed by atoms with Crippen LogP contribution in [0.15, 0.2) is 23.1 Å². The quantitative estimate of drug-likeness (QED) is 0.820. The minimum atomic E-state index is -0.268. The molecule has 0 radical (unpaired) electrons. The molecule has 5 heteroatoms. The van der Waals surface area contributed by atoms with E-state index in [0.717, 1.165) is 29.8 Å². The molecule has 0 bridgehead atoms. The van der Waals surface area contributed by atoms with Gasteiger partial charge in [0, 0.05) is 11.4 Å². The van der Waals surface area contributed by atoms with Gasteiger partial charge < -0.3 is 10.6 Å². The van der Waals surface area contributed by atoms with E-state index in [-0.39, 0.29) is 17.8 Å². The summed E-state index contributed by atoms with van der Waals surface area (Å²) in [6.07, 6.45) is 3.86. The molecule has 2 N–H and O–H groups in total. The van der Waals surface area contributed by atoms with Crippen LogP contribution in [0.3, 0.4) is 0 Å². The molecule has 3 nitrogen and oxygen atoms in total. The average molecular weight is 268 g/mol. The van der Waals surface area contributed by atoms with Crippen molar-refractivity contribution >= 4 is 17.7 Å². The Morgan fingerprint density at radius 3 is 3.11 bits per heavy atom. The summed E-state index contributed by atoms with van der Waals surface area (Å²) in [5.74, 6) is -0.264. The summed E-state index contributed by atoms with van der Waals surface area (Å²) >= 11 is 1.55. The number of halogens is 1. The molecule has 1 heterocycles. The molecule has 0 spiro atoms. The fourth-order valence-electron chi connectivity index (χ4n) is 2.10.